The number of amides is 1. The summed E-state index contributed by atoms with van der Waals surface area (Å²) in [5, 5.41) is 0. The lowest BCUT2D eigenvalue weighted by molar-refractivity contribution is -0.544. The van der Waals surface area contributed by atoms with Crippen molar-refractivity contribution in [2.24, 2.45) is 23.7 Å². The highest BCUT2D eigenvalue weighted by molar-refractivity contribution is 7.89. The molecule has 2 bridgehead atoms. The number of rotatable bonds is 2. The molecule has 4 heterocycles. The van der Waals surface area contributed by atoms with E-state index in [2.05, 4.69) is 6.92 Å². The zero-order chi connectivity index (χ0) is 24.0. The van der Waals surface area contributed by atoms with Crippen LogP contribution >= 0.6 is 0 Å². The van der Waals surface area contributed by atoms with Crippen LogP contribution in [0.1, 0.15) is 52.0 Å². The van der Waals surface area contributed by atoms with Crippen molar-refractivity contribution in [1.29, 1.82) is 0 Å². The van der Waals surface area contributed by atoms with E-state index in [0.29, 0.717) is 35.7 Å². The van der Waals surface area contributed by atoms with Crippen molar-refractivity contribution in [2.45, 2.75) is 75.1 Å². The van der Waals surface area contributed by atoms with Gasteiger partial charge in [-0.1, -0.05) is 13.8 Å². The summed E-state index contributed by atoms with van der Waals surface area (Å²) in [6, 6.07) is 3.13. The van der Waals surface area contributed by atoms with Crippen LogP contribution in [0.2, 0.25) is 0 Å². The van der Waals surface area contributed by atoms with Gasteiger partial charge in [0.1, 0.15) is 0 Å². The van der Waals surface area contributed by atoms with E-state index in [-0.39, 0.29) is 17.8 Å². The highest BCUT2D eigenvalue weighted by atomic mass is 32.2. The molecule has 7 nitrogen and oxygen atoms in total. The van der Waals surface area contributed by atoms with E-state index in [0.717, 1.165) is 18.6 Å². The molecule has 0 radical (unpaired) electrons. The van der Waals surface area contributed by atoms with Gasteiger partial charge in [-0.3, -0.25) is 4.79 Å². The molecule has 1 aromatic carbocycles. The number of hydrogen-bond acceptors (Lipinski definition) is 6. The molecular weight excluding hydrogens is 463 g/mol. The Morgan fingerprint density at radius 3 is 2.33 bits per heavy atom. The second kappa shape index (κ2) is 7.16. The van der Waals surface area contributed by atoms with Gasteiger partial charge >= 0.3 is 6.18 Å². The molecule has 1 aromatic rings. The first-order valence-electron chi connectivity index (χ1n) is 11.1. The van der Waals surface area contributed by atoms with E-state index in [9.17, 15) is 26.4 Å². The average molecular weight is 490 g/mol. The van der Waals surface area contributed by atoms with Gasteiger partial charge in [0, 0.05) is 18.3 Å². The van der Waals surface area contributed by atoms with Gasteiger partial charge in [0.15, 0.2) is 11.8 Å². The van der Waals surface area contributed by atoms with Crippen LogP contribution in [0.4, 0.5) is 13.2 Å². The molecule has 1 saturated carbocycles. The molecule has 11 heteroatoms. The van der Waals surface area contributed by atoms with Gasteiger partial charge in [0.05, 0.1) is 10.5 Å². The highest BCUT2D eigenvalue weighted by Gasteiger charge is 2.72. The Morgan fingerprint density at radius 1 is 1.03 bits per heavy atom. The van der Waals surface area contributed by atoms with Gasteiger partial charge < -0.3 is 4.74 Å². The van der Waals surface area contributed by atoms with Crippen LogP contribution in [0.5, 0.6) is 0 Å². The minimum absolute atomic E-state index is 0.105. The molecule has 6 rings (SSSR count). The van der Waals surface area contributed by atoms with E-state index >= 15 is 0 Å². The topological polar surface area (TPSA) is 82.1 Å². The molecule has 4 saturated heterocycles. The number of piperidine rings is 1. The summed E-state index contributed by atoms with van der Waals surface area (Å²) in [6.07, 6.45) is -3.22. The van der Waals surface area contributed by atoms with Gasteiger partial charge in [0.25, 0.3) is 10.0 Å². The maximum absolute atomic E-state index is 13.7. The number of hydrogen-bond donors (Lipinski definition) is 0. The molecule has 0 unspecified atom stereocenters. The Kier molecular flexibility index (Phi) is 5.00. The molecule has 5 aliphatic rings. The lowest BCUT2D eigenvalue weighted by Crippen LogP contribution is -2.75. The van der Waals surface area contributed by atoms with Gasteiger partial charge in [-0.15, -0.1) is 0 Å². The highest BCUT2D eigenvalue weighted by Crippen LogP contribution is 2.61. The minimum atomic E-state index is -4.61. The predicted octanol–water partition coefficient (Wildman–Crippen LogP) is 4.09. The van der Waals surface area contributed by atoms with Crippen LogP contribution < -0.4 is 0 Å². The number of nitrogens with zero attached hydrogens (tertiary/aromatic N) is 1. The first-order chi connectivity index (χ1) is 15.3. The van der Waals surface area contributed by atoms with Crippen molar-refractivity contribution < 1.29 is 40.9 Å². The smallest absolute Gasteiger partial charge is 0.320 e. The van der Waals surface area contributed by atoms with E-state index < -0.39 is 56.1 Å². The molecule has 7 atom stereocenters. The molecular formula is C22H26F3NO6S. The van der Waals surface area contributed by atoms with Crippen LogP contribution in [0, 0.1) is 23.7 Å². The Hall–Kier alpha value is -1.69. The summed E-state index contributed by atoms with van der Waals surface area (Å²) in [5.41, 5.74) is -2.16. The summed E-state index contributed by atoms with van der Waals surface area (Å²) in [6.45, 7) is 5.39. The van der Waals surface area contributed by atoms with E-state index in [1.807, 2.05) is 0 Å². The Balaban J connectivity index is 1.64. The third-order valence-corrected chi connectivity index (χ3v) is 9.72. The number of benzene rings is 1. The molecule has 0 aromatic heterocycles. The van der Waals surface area contributed by atoms with Crippen LogP contribution in [0.25, 0.3) is 0 Å². The number of carbonyl (C=O) groups is 1. The van der Waals surface area contributed by atoms with Crippen molar-refractivity contribution in [3.8, 4) is 0 Å². The van der Waals surface area contributed by atoms with E-state index in [1.165, 1.54) is 0 Å². The van der Waals surface area contributed by atoms with Crippen molar-refractivity contribution >= 4 is 15.9 Å². The maximum atomic E-state index is 13.7. The second-order valence-electron chi connectivity index (χ2n) is 9.88. The first kappa shape index (κ1) is 23.1. The van der Waals surface area contributed by atoms with Crippen molar-refractivity contribution in [1.82, 2.24) is 4.31 Å². The van der Waals surface area contributed by atoms with Gasteiger partial charge in [-0.2, -0.15) is 13.2 Å². The lowest BCUT2D eigenvalue weighted by atomic mass is 9.57. The SMILES string of the molecule is C[C@@H]1CC[C@H]2[C@@H](C)C(=O)N(S(=O)(=O)c3ccc(C(F)(F)F)cc3)[C@@H]3O[C@]4(C)CC[C@@H]1[C@@]23OO4. The van der Waals surface area contributed by atoms with Crippen LogP contribution in [0.15, 0.2) is 29.2 Å². The number of ether oxygens (including phenoxy) is 1. The fraction of sp³-hybridized carbons (Fsp3) is 0.682. The molecule has 5 fully saturated rings. The number of alkyl halides is 3. The quantitative estimate of drug-likeness (QED) is 0.582. The Labute approximate surface area is 190 Å². The van der Waals surface area contributed by atoms with Crippen LogP contribution in [0.3, 0.4) is 0 Å². The second-order valence-corrected chi connectivity index (χ2v) is 11.7. The zero-order valence-corrected chi connectivity index (χ0v) is 19.3. The van der Waals surface area contributed by atoms with Gasteiger partial charge in [0.2, 0.25) is 11.7 Å². The van der Waals surface area contributed by atoms with Crippen molar-refractivity contribution in [2.75, 3.05) is 0 Å². The van der Waals surface area contributed by atoms with Gasteiger partial charge in [-0.25, -0.2) is 22.5 Å². The number of fused-ring (bicyclic) bond motifs is 2. The van der Waals surface area contributed by atoms with Crippen molar-refractivity contribution in [3.63, 3.8) is 0 Å². The van der Waals surface area contributed by atoms with E-state index in [4.69, 9.17) is 14.5 Å². The van der Waals surface area contributed by atoms with Crippen LogP contribution in [-0.2, 0) is 35.5 Å². The molecule has 0 N–H and O–H groups in total. The summed E-state index contributed by atoms with van der Waals surface area (Å²) >= 11 is 0. The number of halogens is 3. The summed E-state index contributed by atoms with van der Waals surface area (Å²) in [7, 11) is -4.54. The standard InChI is InChI=1S/C22H26F3NO6S/c1-12-4-9-17-13(2)18(27)26(19-21(17)16(12)10-11-20(3,30-19)31-32-21)33(28,29)15-7-5-14(6-8-15)22(23,24)25/h5-8,12-13,16-17,19H,4,9-11H2,1-3H3/t12-,13-,16+,17+,19-,20+,21-/m1/s1. The summed E-state index contributed by atoms with van der Waals surface area (Å²) < 4.78 is 73.3. The zero-order valence-electron chi connectivity index (χ0n) is 18.5. The predicted molar refractivity (Wildman–Crippen MR) is 107 cm³/mol. The minimum Gasteiger partial charge on any atom is -0.320 e. The average Bonchev–Trinajstić information content (AvgIpc) is 2.98. The molecule has 4 aliphatic heterocycles. The fourth-order valence-corrected chi connectivity index (χ4v) is 7.76. The third kappa shape index (κ3) is 3.19. The summed E-state index contributed by atoms with van der Waals surface area (Å²) in [4.78, 5) is 24.8. The molecule has 1 amide bonds. The third-order valence-electron chi connectivity index (χ3n) is 7.96. The first-order valence-corrected chi connectivity index (χ1v) is 12.6. The van der Waals surface area contributed by atoms with E-state index in [1.54, 1.807) is 13.8 Å². The number of carbonyl (C=O) groups excluding carboxylic acids is 1. The maximum Gasteiger partial charge on any atom is 0.416 e. The molecule has 1 aliphatic carbocycles. The summed E-state index contributed by atoms with van der Waals surface area (Å²) in [5.74, 6) is -2.82. The van der Waals surface area contributed by atoms with Gasteiger partial charge in [-0.05, 0) is 62.3 Å². The van der Waals surface area contributed by atoms with Crippen molar-refractivity contribution in [3.05, 3.63) is 29.8 Å². The Bertz CT molecular complexity index is 1080. The Morgan fingerprint density at radius 2 is 1.70 bits per heavy atom. The molecule has 182 valence electrons. The lowest BCUT2D eigenvalue weighted by Gasteiger charge is -2.61. The number of sulfonamides is 1. The molecule has 1 spiro atoms. The fourth-order valence-electron chi connectivity index (χ4n) is 6.19. The normalized spacial score (nSPS) is 41.0. The largest absolute Gasteiger partial charge is 0.416 e. The molecule has 33 heavy (non-hydrogen) atoms. The van der Waals surface area contributed by atoms with Crippen LogP contribution in [-0.4, -0.2) is 36.2 Å². The monoisotopic (exact) mass is 489 g/mol.